The normalized spacial score (nSPS) is 22.2. The van der Waals surface area contributed by atoms with E-state index in [1.54, 1.807) is 0 Å². The number of methoxy groups -OCH3 is 1. The molecule has 2 aliphatic heterocycles. The zero-order valence-electron chi connectivity index (χ0n) is 10.8. The molecule has 6 nitrogen and oxygen atoms in total. The molecule has 0 aromatic rings. The Bertz CT molecular complexity index is 463. The molecule has 2 N–H and O–H groups in total. The van der Waals surface area contributed by atoms with E-state index < -0.39 is 5.97 Å². The minimum absolute atomic E-state index is 0.0297. The molecule has 0 aromatic heterocycles. The third-order valence-corrected chi connectivity index (χ3v) is 3.11. The van der Waals surface area contributed by atoms with Crippen molar-refractivity contribution in [1.29, 1.82) is 0 Å². The Balaban J connectivity index is 2.25. The molecule has 0 aliphatic carbocycles. The average Bonchev–Trinajstić information content (AvgIpc) is 2.45. The van der Waals surface area contributed by atoms with Crippen LogP contribution in [0, 0.1) is 5.41 Å². The van der Waals surface area contributed by atoms with E-state index in [-0.39, 0.29) is 23.5 Å². The standard InChI is InChI=1S/C12H17N3O3/c1-12(2)5-9-7(10(16)13-6-12)4-8(14-15-9)11(17)18-3/h15H,4-6H2,1-3H3,(H,13,16). The van der Waals surface area contributed by atoms with Gasteiger partial charge in [0.1, 0.15) is 5.71 Å². The van der Waals surface area contributed by atoms with E-state index in [9.17, 15) is 9.59 Å². The van der Waals surface area contributed by atoms with Gasteiger partial charge in [-0.1, -0.05) is 13.8 Å². The summed E-state index contributed by atoms with van der Waals surface area (Å²) in [5, 5.41) is 6.85. The van der Waals surface area contributed by atoms with Crippen LogP contribution in [0.1, 0.15) is 26.7 Å². The molecule has 18 heavy (non-hydrogen) atoms. The zero-order chi connectivity index (χ0) is 13.3. The lowest BCUT2D eigenvalue weighted by atomic mass is 9.87. The van der Waals surface area contributed by atoms with Gasteiger partial charge in [0.2, 0.25) is 5.91 Å². The number of nitrogens with one attached hydrogen (secondary N) is 2. The molecule has 2 rings (SSSR count). The lowest BCUT2D eigenvalue weighted by Gasteiger charge is -2.24. The van der Waals surface area contributed by atoms with Gasteiger partial charge in [-0.15, -0.1) is 0 Å². The van der Waals surface area contributed by atoms with Crippen LogP contribution < -0.4 is 10.7 Å². The molecule has 0 saturated heterocycles. The lowest BCUT2D eigenvalue weighted by Crippen LogP contribution is -2.33. The zero-order valence-corrected chi connectivity index (χ0v) is 10.8. The Morgan fingerprint density at radius 2 is 2.17 bits per heavy atom. The van der Waals surface area contributed by atoms with E-state index in [0.29, 0.717) is 12.1 Å². The smallest absolute Gasteiger partial charge is 0.354 e. The van der Waals surface area contributed by atoms with E-state index in [0.717, 1.165) is 12.1 Å². The van der Waals surface area contributed by atoms with Gasteiger partial charge in [0.05, 0.1) is 7.11 Å². The molecule has 6 heteroatoms. The van der Waals surface area contributed by atoms with Crippen LogP contribution in [-0.4, -0.2) is 31.2 Å². The van der Waals surface area contributed by atoms with Gasteiger partial charge < -0.3 is 10.1 Å². The fraction of sp³-hybridized carbons (Fsp3) is 0.583. The SMILES string of the molecule is COC(=O)C1=NNC2=C(C1)C(=O)NCC(C)(C)C2. The summed E-state index contributed by atoms with van der Waals surface area (Å²) in [4.78, 5) is 23.4. The van der Waals surface area contributed by atoms with Crippen molar-refractivity contribution in [2.75, 3.05) is 13.7 Å². The fourth-order valence-corrected chi connectivity index (χ4v) is 2.08. The van der Waals surface area contributed by atoms with E-state index in [1.165, 1.54) is 7.11 Å². The van der Waals surface area contributed by atoms with Gasteiger partial charge in [-0.05, 0) is 11.8 Å². The van der Waals surface area contributed by atoms with Crippen molar-refractivity contribution >= 4 is 17.6 Å². The second-order valence-electron chi connectivity index (χ2n) is 5.32. The summed E-state index contributed by atoms with van der Waals surface area (Å²) in [6, 6.07) is 0. The van der Waals surface area contributed by atoms with Crippen molar-refractivity contribution < 1.29 is 14.3 Å². The van der Waals surface area contributed by atoms with Crippen molar-refractivity contribution in [1.82, 2.24) is 10.7 Å². The van der Waals surface area contributed by atoms with Crippen LogP contribution in [0.5, 0.6) is 0 Å². The number of carbonyl (C=O) groups is 2. The second-order valence-corrected chi connectivity index (χ2v) is 5.32. The Morgan fingerprint density at radius 3 is 2.83 bits per heavy atom. The quantitative estimate of drug-likeness (QED) is 0.657. The summed E-state index contributed by atoms with van der Waals surface area (Å²) >= 11 is 0. The van der Waals surface area contributed by atoms with Crippen molar-refractivity contribution in [2.45, 2.75) is 26.7 Å². The van der Waals surface area contributed by atoms with Crippen molar-refractivity contribution in [3.8, 4) is 0 Å². The number of rotatable bonds is 1. The number of ether oxygens (including phenoxy) is 1. The van der Waals surface area contributed by atoms with Gasteiger partial charge in [0, 0.05) is 24.2 Å². The number of nitrogens with zero attached hydrogens (tertiary/aromatic N) is 1. The van der Waals surface area contributed by atoms with E-state index >= 15 is 0 Å². The second kappa shape index (κ2) is 4.44. The maximum absolute atomic E-state index is 12.0. The van der Waals surface area contributed by atoms with E-state index in [2.05, 4.69) is 34.4 Å². The summed E-state index contributed by atoms with van der Waals surface area (Å²) in [6.07, 6.45) is 0.940. The van der Waals surface area contributed by atoms with Crippen molar-refractivity contribution in [3.05, 3.63) is 11.3 Å². The molecule has 98 valence electrons. The molecule has 0 unspecified atom stereocenters. The third kappa shape index (κ3) is 2.37. The van der Waals surface area contributed by atoms with Crippen LogP contribution in [0.3, 0.4) is 0 Å². The van der Waals surface area contributed by atoms with Crippen LogP contribution >= 0.6 is 0 Å². The molecular formula is C12H17N3O3. The van der Waals surface area contributed by atoms with Crippen LogP contribution in [-0.2, 0) is 14.3 Å². The molecule has 0 atom stereocenters. The number of hydrazone groups is 1. The van der Waals surface area contributed by atoms with Gasteiger partial charge in [-0.2, -0.15) is 5.10 Å². The highest BCUT2D eigenvalue weighted by atomic mass is 16.5. The summed E-state index contributed by atoms with van der Waals surface area (Å²) in [5.41, 5.74) is 4.39. The predicted molar refractivity (Wildman–Crippen MR) is 65.6 cm³/mol. The molecular weight excluding hydrogens is 234 g/mol. The highest BCUT2D eigenvalue weighted by Gasteiger charge is 2.32. The van der Waals surface area contributed by atoms with Crippen LogP contribution in [0.4, 0.5) is 0 Å². The molecule has 1 amide bonds. The highest BCUT2D eigenvalue weighted by Crippen LogP contribution is 2.30. The van der Waals surface area contributed by atoms with Crippen molar-refractivity contribution in [3.63, 3.8) is 0 Å². The van der Waals surface area contributed by atoms with E-state index in [1.807, 2.05) is 0 Å². The van der Waals surface area contributed by atoms with Gasteiger partial charge in [-0.25, -0.2) is 4.79 Å². The molecule has 0 bridgehead atoms. The number of hydrogen-bond donors (Lipinski definition) is 2. The van der Waals surface area contributed by atoms with Gasteiger partial charge in [-0.3, -0.25) is 10.2 Å². The van der Waals surface area contributed by atoms with Crippen LogP contribution in [0.25, 0.3) is 0 Å². The van der Waals surface area contributed by atoms with Gasteiger partial charge in [0.15, 0.2) is 0 Å². The first kappa shape index (κ1) is 12.6. The third-order valence-electron chi connectivity index (χ3n) is 3.11. The Kier molecular flexibility index (Phi) is 3.11. The maximum Gasteiger partial charge on any atom is 0.354 e. The van der Waals surface area contributed by atoms with Gasteiger partial charge in [0.25, 0.3) is 0 Å². The number of esters is 1. The minimum Gasteiger partial charge on any atom is -0.464 e. The number of hydrogen-bond acceptors (Lipinski definition) is 5. The summed E-state index contributed by atoms with van der Waals surface area (Å²) in [7, 11) is 1.30. The topological polar surface area (TPSA) is 79.8 Å². The average molecular weight is 251 g/mol. The highest BCUT2D eigenvalue weighted by molar-refractivity contribution is 6.38. The minimum atomic E-state index is -0.509. The Labute approximate surface area is 105 Å². The van der Waals surface area contributed by atoms with Crippen molar-refractivity contribution in [2.24, 2.45) is 10.5 Å². The lowest BCUT2D eigenvalue weighted by molar-refractivity contribution is -0.132. The Hall–Kier alpha value is -1.85. The molecule has 0 radical (unpaired) electrons. The maximum atomic E-state index is 12.0. The number of amides is 1. The summed E-state index contributed by atoms with van der Waals surface area (Å²) in [5.74, 6) is -0.648. The van der Waals surface area contributed by atoms with E-state index in [4.69, 9.17) is 0 Å². The molecule has 2 aliphatic rings. The van der Waals surface area contributed by atoms with Crippen LogP contribution in [0.15, 0.2) is 16.4 Å². The van der Waals surface area contributed by atoms with Gasteiger partial charge >= 0.3 is 5.97 Å². The first-order valence-electron chi connectivity index (χ1n) is 5.84. The summed E-state index contributed by atoms with van der Waals surface area (Å²) < 4.78 is 4.61. The monoisotopic (exact) mass is 251 g/mol. The predicted octanol–water partition coefficient (Wildman–Crippen LogP) is 0.309. The first-order chi connectivity index (χ1) is 8.43. The number of allylic oxidation sites excluding steroid dienone is 1. The summed E-state index contributed by atoms with van der Waals surface area (Å²) in [6.45, 7) is 4.75. The molecule has 0 saturated carbocycles. The first-order valence-corrected chi connectivity index (χ1v) is 5.84. The molecule has 0 spiro atoms. The molecule has 2 heterocycles. The van der Waals surface area contributed by atoms with Crippen LogP contribution in [0.2, 0.25) is 0 Å². The Morgan fingerprint density at radius 1 is 1.44 bits per heavy atom. The molecule has 0 aromatic carbocycles. The fourth-order valence-electron chi connectivity index (χ4n) is 2.08. The molecule has 0 fully saturated rings. The number of carbonyl (C=O) groups excluding carboxylic acids is 2. The largest absolute Gasteiger partial charge is 0.464 e.